The maximum absolute atomic E-state index is 12.8. The molecule has 2 heterocycles. The van der Waals surface area contributed by atoms with Crippen LogP contribution in [0.2, 0.25) is 0 Å². The fourth-order valence-corrected chi connectivity index (χ4v) is 3.41. The molecule has 2 amide bonds. The van der Waals surface area contributed by atoms with Gasteiger partial charge >= 0.3 is 0 Å². The summed E-state index contributed by atoms with van der Waals surface area (Å²) < 4.78 is 11.3. The fraction of sp³-hybridized carbons (Fsp3) is 0.240. The van der Waals surface area contributed by atoms with E-state index < -0.39 is 0 Å². The average molecular weight is 431 g/mol. The molecule has 0 spiro atoms. The van der Waals surface area contributed by atoms with E-state index in [1.54, 1.807) is 42.6 Å². The van der Waals surface area contributed by atoms with Gasteiger partial charge in [0.2, 0.25) is 0 Å². The molecular weight excluding hydrogens is 406 g/mol. The zero-order chi connectivity index (χ0) is 22.6. The summed E-state index contributed by atoms with van der Waals surface area (Å²) in [5.41, 5.74) is 2.17. The van der Waals surface area contributed by atoms with Gasteiger partial charge in [0.05, 0.1) is 5.56 Å². The number of pyridine rings is 1. The molecule has 0 aliphatic carbocycles. The molecule has 1 aliphatic rings. The molecule has 0 radical (unpaired) electrons. The molecule has 7 nitrogen and oxygen atoms in total. The average Bonchev–Trinajstić information content (AvgIpc) is 2.83. The van der Waals surface area contributed by atoms with Crippen molar-refractivity contribution in [1.29, 1.82) is 0 Å². The molecule has 0 saturated heterocycles. The van der Waals surface area contributed by atoms with E-state index in [2.05, 4.69) is 29.5 Å². The number of amides is 2. The molecule has 164 valence electrons. The van der Waals surface area contributed by atoms with Crippen LogP contribution in [0, 0.1) is 0 Å². The van der Waals surface area contributed by atoms with Crippen molar-refractivity contribution in [2.45, 2.75) is 19.3 Å². The number of ether oxygens (including phenoxy) is 2. The Morgan fingerprint density at radius 1 is 0.938 bits per heavy atom. The Balaban J connectivity index is 1.40. The summed E-state index contributed by atoms with van der Waals surface area (Å²) in [6, 6.07) is 16.1. The number of rotatable bonds is 6. The molecule has 3 aromatic rings. The largest absolute Gasteiger partial charge is 0.486 e. The lowest BCUT2D eigenvalue weighted by Gasteiger charge is -2.28. The number of nitrogens with zero attached hydrogens (tertiary/aromatic N) is 1. The van der Waals surface area contributed by atoms with Gasteiger partial charge < -0.3 is 20.1 Å². The van der Waals surface area contributed by atoms with Crippen LogP contribution in [0.25, 0.3) is 0 Å². The molecule has 1 aromatic heterocycles. The Morgan fingerprint density at radius 2 is 1.72 bits per heavy atom. The topological polar surface area (TPSA) is 89.6 Å². The van der Waals surface area contributed by atoms with Crippen molar-refractivity contribution in [3.63, 3.8) is 0 Å². The highest BCUT2D eigenvalue weighted by Crippen LogP contribution is 2.35. The summed E-state index contributed by atoms with van der Waals surface area (Å²) in [5, 5.41) is 5.79. The first-order valence-electron chi connectivity index (χ1n) is 10.4. The van der Waals surface area contributed by atoms with Crippen LogP contribution < -0.4 is 20.1 Å². The van der Waals surface area contributed by atoms with Crippen LogP contribution in [0.3, 0.4) is 0 Å². The van der Waals surface area contributed by atoms with Crippen LogP contribution in [-0.2, 0) is 5.41 Å². The van der Waals surface area contributed by atoms with Gasteiger partial charge in [-0.25, -0.2) is 0 Å². The standard InChI is InChI=1S/C25H25N3O4/c1-25(2,19-8-9-21-22(14-19)32-12-11-31-21)16-27-23(29)17-5-3-7-20(13-17)28-24(30)18-6-4-10-26-15-18/h3-10,13-15H,11-12,16H2,1-2H3,(H,27,29)(H,28,30). The van der Waals surface area contributed by atoms with Gasteiger partial charge in [0.1, 0.15) is 13.2 Å². The van der Waals surface area contributed by atoms with Gasteiger partial charge in [0.25, 0.3) is 11.8 Å². The maximum atomic E-state index is 12.8. The molecule has 0 fully saturated rings. The SMILES string of the molecule is CC(C)(CNC(=O)c1cccc(NC(=O)c2cccnc2)c1)c1ccc2c(c1)OCCO2. The lowest BCUT2D eigenvalue weighted by atomic mass is 9.84. The second-order valence-corrected chi connectivity index (χ2v) is 8.20. The molecule has 0 unspecified atom stereocenters. The minimum atomic E-state index is -0.322. The zero-order valence-electron chi connectivity index (χ0n) is 18.1. The molecule has 0 atom stereocenters. The van der Waals surface area contributed by atoms with Crippen LogP contribution in [0.5, 0.6) is 11.5 Å². The van der Waals surface area contributed by atoms with Crippen molar-refractivity contribution in [3.05, 3.63) is 83.7 Å². The van der Waals surface area contributed by atoms with Crippen molar-refractivity contribution in [1.82, 2.24) is 10.3 Å². The number of hydrogen-bond donors (Lipinski definition) is 2. The number of aromatic nitrogens is 1. The molecule has 7 heteroatoms. The smallest absolute Gasteiger partial charge is 0.257 e. The number of anilines is 1. The molecule has 2 aromatic carbocycles. The third-order valence-electron chi connectivity index (χ3n) is 5.32. The molecule has 2 N–H and O–H groups in total. The fourth-order valence-electron chi connectivity index (χ4n) is 3.41. The lowest BCUT2D eigenvalue weighted by Crippen LogP contribution is -2.36. The summed E-state index contributed by atoms with van der Waals surface area (Å²) in [4.78, 5) is 29.1. The summed E-state index contributed by atoms with van der Waals surface area (Å²) in [7, 11) is 0. The minimum Gasteiger partial charge on any atom is -0.486 e. The van der Waals surface area contributed by atoms with Crippen molar-refractivity contribution >= 4 is 17.5 Å². The van der Waals surface area contributed by atoms with Gasteiger partial charge in [-0.1, -0.05) is 26.0 Å². The van der Waals surface area contributed by atoms with E-state index in [1.165, 1.54) is 6.20 Å². The Morgan fingerprint density at radius 3 is 2.50 bits per heavy atom. The Bertz CT molecular complexity index is 1130. The normalized spacial score (nSPS) is 12.7. The Hall–Kier alpha value is -3.87. The molecule has 0 bridgehead atoms. The molecule has 1 aliphatic heterocycles. The van der Waals surface area contributed by atoms with Crippen molar-refractivity contribution in [2.24, 2.45) is 0 Å². The first-order chi connectivity index (χ1) is 15.4. The molecular formula is C25H25N3O4. The van der Waals surface area contributed by atoms with Crippen molar-refractivity contribution in [3.8, 4) is 11.5 Å². The van der Waals surface area contributed by atoms with E-state index in [-0.39, 0.29) is 17.2 Å². The van der Waals surface area contributed by atoms with Gasteiger partial charge in [0, 0.05) is 35.6 Å². The first kappa shape index (κ1) is 21.4. The highest BCUT2D eigenvalue weighted by Gasteiger charge is 2.24. The van der Waals surface area contributed by atoms with E-state index in [0.29, 0.717) is 36.6 Å². The van der Waals surface area contributed by atoms with Gasteiger partial charge in [-0.3, -0.25) is 14.6 Å². The van der Waals surface area contributed by atoms with Gasteiger partial charge in [0.15, 0.2) is 11.5 Å². The second kappa shape index (κ2) is 9.09. The van der Waals surface area contributed by atoms with Gasteiger partial charge in [-0.2, -0.15) is 0 Å². The first-order valence-corrected chi connectivity index (χ1v) is 10.4. The lowest BCUT2D eigenvalue weighted by molar-refractivity contribution is 0.0944. The monoisotopic (exact) mass is 431 g/mol. The summed E-state index contributed by atoms with van der Waals surface area (Å²) in [6.07, 6.45) is 3.10. The number of fused-ring (bicyclic) bond motifs is 1. The molecule has 0 saturated carbocycles. The van der Waals surface area contributed by atoms with Crippen LogP contribution in [-0.4, -0.2) is 36.6 Å². The van der Waals surface area contributed by atoms with E-state index in [0.717, 1.165) is 17.1 Å². The van der Waals surface area contributed by atoms with Crippen LogP contribution >= 0.6 is 0 Å². The Labute approximate surface area is 186 Å². The second-order valence-electron chi connectivity index (χ2n) is 8.20. The maximum Gasteiger partial charge on any atom is 0.257 e. The number of hydrogen-bond acceptors (Lipinski definition) is 5. The molecule has 4 rings (SSSR count). The van der Waals surface area contributed by atoms with Crippen molar-refractivity contribution < 1.29 is 19.1 Å². The van der Waals surface area contributed by atoms with Crippen LogP contribution in [0.4, 0.5) is 5.69 Å². The third-order valence-corrected chi connectivity index (χ3v) is 5.32. The number of nitrogens with one attached hydrogen (secondary N) is 2. The number of carbonyl (C=O) groups is 2. The predicted molar refractivity (Wildman–Crippen MR) is 121 cm³/mol. The third kappa shape index (κ3) is 4.88. The number of benzene rings is 2. The highest BCUT2D eigenvalue weighted by atomic mass is 16.6. The van der Waals surface area contributed by atoms with E-state index in [9.17, 15) is 9.59 Å². The minimum absolute atomic E-state index is 0.215. The highest BCUT2D eigenvalue weighted by molar-refractivity contribution is 6.04. The van der Waals surface area contributed by atoms with E-state index in [4.69, 9.17) is 9.47 Å². The summed E-state index contributed by atoms with van der Waals surface area (Å²) >= 11 is 0. The van der Waals surface area contributed by atoms with E-state index in [1.807, 2.05) is 18.2 Å². The van der Waals surface area contributed by atoms with Crippen LogP contribution in [0.1, 0.15) is 40.1 Å². The number of carbonyl (C=O) groups excluding carboxylic acids is 2. The van der Waals surface area contributed by atoms with Gasteiger partial charge in [-0.05, 0) is 48.0 Å². The summed E-state index contributed by atoms with van der Waals surface area (Å²) in [6.45, 7) is 5.62. The quantitative estimate of drug-likeness (QED) is 0.620. The van der Waals surface area contributed by atoms with E-state index >= 15 is 0 Å². The van der Waals surface area contributed by atoms with Crippen LogP contribution in [0.15, 0.2) is 67.0 Å². The Kier molecular flexibility index (Phi) is 6.07. The zero-order valence-corrected chi connectivity index (χ0v) is 18.1. The van der Waals surface area contributed by atoms with Crippen molar-refractivity contribution in [2.75, 3.05) is 25.1 Å². The summed E-state index contributed by atoms with van der Waals surface area (Å²) in [5.74, 6) is 0.971. The van der Waals surface area contributed by atoms with Gasteiger partial charge in [-0.15, -0.1) is 0 Å². The molecule has 32 heavy (non-hydrogen) atoms. The predicted octanol–water partition coefficient (Wildman–Crippen LogP) is 3.81.